The summed E-state index contributed by atoms with van der Waals surface area (Å²) in [7, 11) is 0. The second kappa shape index (κ2) is 7.85. The lowest BCUT2D eigenvalue weighted by molar-refractivity contribution is 0.700. The molecule has 0 heterocycles. The average Bonchev–Trinajstić information content (AvgIpc) is 3.33. The Balaban J connectivity index is 1.31. The van der Waals surface area contributed by atoms with E-state index in [1.54, 1.807) is 0 Å². The Hall–Kier alpha value is -2.00. The third-order valence-electron chi connectivity index (χ3n) is 4.47. The summed E-state index contributed by atoms with van der Waals surface area (Å²) in [6.45, 7) is 0. The fourth-order valence-corrected chi connectivity index (χ4v) is 2.97. The molecule has 0 spiro atoms. The van der Waals surface area contributed by atoms with E-state index in [-0.39, 0.29) is 0 Å². The van der Waals surface area contributed by atoms with Crippen LogP contribution >= 0.6 is 0 Å². The van der Waals surface area contributed by atoms with Gasteiger partial charge in [0, 0.05) is 12.3 Å². The van der Waals surface area contributed by atoms with Crippen LogP contribution in [0.4, 0.5) is 0 Å². The van der Waals surface area contributed by atoms with Crippen LogP contribution in [0.5, 0.6) is 0 Å². The summed E-state index contributed by atoms with van der Waals surface area (Å²) in [5.74, 6) is 8.40. The standard InChI is InChI=1S/C22H24/c1-4-10-19(11-5-1)12-8-3-9-15-21-18-22(21)17-16-20-13-6-2-7-14-20/h1-2,4-7,10-11,13-14,21-22H,3,8,12,16-18H2. The molecule has 2 aromatic carbocycles. The van der Waals surface area contributed by atoms with E-state index < -0.39 is 0 Å². The summed E-state index contributed by atoms with van der Waals surface area (Å²) < 4.78 is 0. The Morgan fingerprint density at radius 1 is 0.818 bits per heavy atom. The zero-order valence-electron chi connectivity index (χ0n) is 13.2. The number of hydrogen-bond donors (Lipinski definition) is 0. The molecule has 1 aliphatic rings. The first-order valence-corrected chi connectivity index (χ1v) is 8.48. The van der Waals surface area contributed by atoms with Crippen LogP contribution < -0.4 is 0 Å². The van der Waals surface area contributed by atoms with Gasteiger partial charge >= 0.3 is 0 Å². The van der Waals surface area contributed by atoms with Gasteiger partial charge in [-0.1, -0.05) is 66.6 Å². The summed E-state index contributed by atoms with van der Waals surface area (Å²) in [6.07, 6.45) is 7.19. The van der Waals surface area contributed by atoms with Crippen molar-refractivity contribution in [1.29, 1.82) is 0 Å². The van der Waals surface area contributed by atoms with Crippen molar-refractivity contribution in [2.75, 3.05) is 0 Å². The third-order valence-corrected chi connectivity index (χ3v) is 4.47. The lowest BCUT2D eigenvalue weighted by Crippen LogP contribution is -1.88. The van der Waals surface area contributed by atoms with Crippen LogP contribution in [0.3, 0.4) is 0 Å². The Morgan fingerprint density at radius 3 is 2.14 bits per heavy atom. The Bertz CT molecular complexity index is 615. The molecule has 2 aromatic rings. The van der Waals surface area contributed by atoms with Crippen molar-refractivity contribution in [1.82, 2.24) is 0 Å². The molecule has 112 valence electrons. The predicted molar refractivity (Wildman–Crippen MR) is 93.5 cm³/mol. The maximum absolute atomic E-state index is 3.48. The van der Waals surface area contributed by atoms with Crippen LogP contribution in [-0.2, 0) is 12.8 Å². The van der Waals surface area contributed by atoms with Gasteiger partial charge in [-0.05, 0) is 49.1 Å². The smallest absolute Gasteiger partial charge is 0.0234 e. The van der Waals surface area contributed by atoms with Gasteiger partial charge < -0.3 is 0 Å². The van der Waals surface area contributed by atoms with Gasteiger partial charge in [-0.3, -0.25) is 0 Å². The van der Waals surface area contributed by atoms with Gasteiger partial charge in [0.1, 0.15) is 0 Å². The van der Waals surface area contributed by atoms with Crippen LogP contribution in [0, 0.1) is 23.7 Å². The molecule has 2 atom stereocenters. The second-order valence-electron chi connectivity index (χ2n) is 6.29. The minimum absolute atomic E-state index is 0.681. The molecular formula is C22H24. The molecule has 2 unspecified atom stereocenters. The van der Waals surface area contributed by atoms with Crippen molar-refractivity contribution in [2.45, 2.75) is 38.5 Å². The van der Waals surface area contributed by atoms with Crippen molar-refractivity contribution < 1.29 is 0 Å². The van der Waals surface area contributed by atoms with Crippen LogP contribution in [0.25, 0.3) is 0 Å². The SMILES string of the molecule is C(#CC1CC1CCc1ccccc1)CCCc1ccccc1. The lowest BCUT2D eigenvalue weighted by Gasteiger charge is -1.99. The highest BCUT2D eigenvalue weighted by Crippen LogP contribution is 2.41. The first kappa shape index (κ1) is 14.9. The highest BCUT2D eigenvalue weighted by atomic mass is 14.4. The second-order valence-corrected chi connectivity index (χ2v) is 6.29. The molecule has 0 aromatic heterocycles. The summed E-state index contributed by atoms with van der Waals surface area (Å²) in [5, 5.41) is 0. The van der Waals surface area contributed by atoms with E-state index in [0.717, 1.165) is 18.8 Å². The molecular weight excluding hydrogens is 264 g/mol. The highest BCUT2D eigenvalue weighted by molar-refractivity contribution is 5.18. The Labute approximate surface area is 134 Å². The number of hydrogen-bond acceptors (Lipinski definition) is 0. The minimum atomic E-state index is 0.681. The average molecular weight is 288 g/mol. The van der Waals surface area contributed by atoms with Gasteiger partial charge in [-0.15, -0.1) is 5.92 Å². The van der Waals surface area contributed by atoms with Crippen molar-refractivity contribution in [2.24, 2.45) is 11.8 Å². The molecule has 1 aliphatic carbocycles. The minimum Gasteiger partial charge on any atom is -0.103 e. The van der Waals surface area contributed by atoms with Crippen LogP contribution in [-0.4, -0.2) is 0 Å². The largest absolute Gasteiger partial charge is 0.103 e. The van der Waals surface area contributed by atoms with Crippen molar-refractivity contribution >= 4 is 0 Å². The maximum Gasteiger partial charge on any atom is 0.0234 e. The van der Waals surface area contributed by atoms with Gasteiger partial charge in [0.25, 0.3) is 0 Å². The fourth-order valence-electron chi connectivity index (χ4n) is 2.97. The molecule has 22 heavy (non-hydrogen) atoms. The van der Waals surface area contributed by atoms with Gasteiger partial charge in [0.05, 0.1) is 0 Å². The monoisotopic (exact) mass is 288 g/mol. The normalized spacial score (nSPS) is 19.3. The number of rotatable bonds is 6. The summed E-state index contributed by atoms with van der Waals surface area (Å²) in [5.41, 5.74) is 2.89. The van der Waals surface area contributed by atoms with Gasteiger partial charge in [0.2, 0.25) is 0 Å². The van der Waals surface area contributed by atoms with E-state index in [1.807, 2.05) is 0 Å². The van der Waals surface area contributed by atoms with E-state index in [0.29, 0.717) is 5.92 Å². The molecule has 0 aliphatic heterocycles. The zero-order valence-corrected chi connectivity index (χ0v) is 13.2. The van der Waals surface area contributed by atoms with E-state index in [2.05, 4.69) is 72.5 Å². The number of benzene rings is 2. The quantitative estimate of drug-likeness (QED) is 0.501. The van der Waals surface area contributed by atoms with Crippen LogP contribution in [0.1, 0.15) is 36.8 Å². The highest BCUT2D eigenvalue weighted by Gasteiger charge is 2.34. The number of aryl methyl sites for hydroxylation is 2. The van der Waals surface area contributed by atoms with Crippen molar-refractivity contribution in [3.63, 3.8) is 0 Å². The molecule has 0 N–H and O–H groups in total. The molecule has 0 radical (unpaired) electrons. The molecule has 0 bridgehead atoms. The van der Waals surface area contributed by atoms with Gasteiger partial charge in [0.15, 0.2) is 0 Å². The summed E-state index contributed by atoms with van der Waals surface area (Å²) in [6, 6.07) is 21.5. The first-order chi connectivity index (χ1) is 10.9. The van der Waals surface area contributed by atoms with Crippen molar-refractivity contribution in [3.05, 3.63) is 71.8 Å². The predicted octanol–water partition coefficient (Wildman–Crippen LogP) is 5.28. The molecule has 0 heteroatoms. The first-order valence-electron chi connectivity index (χ1n) is 8.48. The Morgan fingerprint density at radius 2 is 1.45 bits per heavy atom. The van der Waals surface area contributed by atoms with E-state index in [9.17, 15) is 0 Å². The lowest BCUT2D eigenvalue weighted by atomic mass is 10.1. The van der Waals surface area contributed by atoms with Crippen LogP contribution in [0.15, 0.2) is 60.7 Å². The fraction of sp³-hybridized carbons (Fsp3) is 0.364. The van der Waals surface area contributed by atoms with E-state index >= 15 is 0 Å². The molecule has 0 amide bonds. The molecule has 0 nitrogen and oxygen atoms in total. The molecule has 0 saturated heterocycles. The Kier molecular flexibility index (Phi) is 5.32. The topological polar surface area (TPSA) is 0 Å². The van der Waals surface area contributed by atoms with Crippen LogP contribution in [0.2, 0.25) is 0 Å². The third kappa shape index (κ3) is 4.78. The number of unbranched alkanes of at least 4 members (excludes halogenated alkanes) is 1. The van der Waals surface area contributed by atoms with E-state index in [4.69, 9.17) is 0 Å². The van der Waals surface area contributed by atoms with Crippen molar-refractivity contribution in [3.8, 4) is 11.8 Å². The maximum atomic E-state index is 3.48. The summed E-state index contributed by atoms with van der Waals surface area (Å²) in [4.78, 5) is 0. The molecule has 1 saturated carbocycles. The van der Waals surface area contributed by atoms with Gasteiger partial charge in [-0.25, -0.2) is 0 Å². The summed E-state index contributed by atoms with van der Waals surface area (Å²) >= 11 is 0. The molecule has 3 rings (SSSR count). The van der Waals surface area contributed by atoms with E-state index in [1.165, 1.54) is 36.8 Å². The zero-order chi connectivity index (χ0) is 15.0. The molecule has 1 fully saturated rings. The van der Waals surface area contributed by atoms with Gasteiger partial charge in [-0.2, -0.15) is 0 Å².